The van der Waals surface area contributed by atoms with E-state index in [0.717, 1.165) is 32.4 Å². The van der Waals surface area contributed by atoms with Gasteiger partial charge in [-0.15, -0.1) is 0 Å². The number of hydrogen-bond acceptors (Lipinski definition) is 2. The molecule has 0 aromatic heterocycles. The van der Waals surface area contributed by atoms with Crippen molar-refractivity contribution in [3.8, 4) is 0 Å². The van der Waals surface area contributed by atoms with Crippen molar-refractivity contribution in [1.82, 2.24) is 4.90 Å². The zero-order chi connectivity index (χ0) is 15.8. The van der Waals surface area contributed by atoms with Gasteiger partial charge < -0.3 is 10.0 Å². The van der Waals surface area contributed by atoms with Crippen LogP contribution >= 0.6 is 0 Å². The Balaban J connectivity index is 2.04. The highest BCUT2D eigenvalue weighted by Crippen LogP contribution is 2.41. The summed E-state index contributed by atoms with van der Waals surface area (Å²) in [5.74, 6) is -0.572. The molecule has 1 saturated heterocycles. The molecule has 1 saturated carbocycles. The molecule has 4 nitrogen and oxygen atoms in total. The van der Waals surface area contributed by atoms with Crippen LogP contribution in [0.15, 0.2) is 0 Å². The molecule has 1 amide bonds. The summed E-state index contributed by atoms with van der Waals surface area (Å²) in [4.78, 5) is 26.1. The minimum absolute atomic E-state index is 0.0881. The maximum Gasteiger partial charge on any atom is 0.307 e. The minimum atomic E-state index is -0.795. The predicted octanol–water partition coefficient (Wildman–Crippen LogP) is 3.02. The van der Waals surface area contributed by atoms with E-state index in [2.05, 4.69) is 27.7 Å². The number of aliphatic carboxylic acids is 1. The van der Waals surface area contributed by atoms with Crippen LogP contribution in [-0.2, 0) is 9.59 Å². The zero-order valence-electron chi connectivity index (χ0n) is 13.8. The highest BCUT2D eigenvalue weighted by atomic mass is 16.4. The van der Waals surface area contributed by atoms with Gasteiger partial charge in [0.15, 0.2) is 0 Å². The Hall–Kier alpha value is -1.06. The lowest BCUT2D eigenvalue weighted by Crippen LogP contribution is -2.38. The predicted molar refractivity (Wildman–Crippen MR) is 81.8 cm³/mol. The van der Waals surface area contributed by atoms with Crippen molar-refractivity contribution in [3.05, 3.63) is 0 Å². The Morgan fingerprint density at radius 2 is 1.81 bits per heavy atom. The molecular formula is C17H29NO3. The molecule has 0 spiro atoms. The molecule has 4 unspecified atom stereocenters. The SMILES string of the molecule is CCC1CC(C(=O)O)C(C(=O)N2CCC(C(C)(C)C)C2)C1. The van der Waals surface area contributed by atoms with E-state index in [4.69, 9.17) is 0 Å². The van der Waals surface area contributed by atoms with E-state index in [0.29, 0.717) is 18.3 Å². The first-order valence-electron chi connectivity index (χ1n) is 8.25. The average molecular weight is 295 g/mol. The highest BCUT2D eigenvalue weighted by Gasteiger charge is 2.45. The van der Waals surface area contributed by atoms with Crippen molar-refractivity contribution in [2.24, 2.45) is 29.1 Å². The fourth-order valence-corrected chi connectivity index (χ4v) is 3.92. The second-order valence-corrected chi connectivity index (χ2v) is 7.93. The number of rotatable bonds is 3. The molecule has 21 heavy (non-hydrogen) atoms. The number of carbonyl (C=O) groups is 2. The number of amides is 1. The van der Waals surface area contributed by atoms with E-state index in [9.17, 15) is 14.7 Å². The monoisotopic (exact) mass is 295 g/mol. The number of likely N-dealkylation sites (tertiary alicyclic amines) is 1. The molecule has 0 aromatic rings. The van der Waals surface area contributed by atoms with E-state index in [1.807, 2.05) is 4.90 Å². The van der Waals surface area contributed by atoms with Crippen molar-refractivity contribution < 1.29 is 14.7 Å². The van der Waals surface area contributed by atoms with Gasteiger partial charge in [0.2, 0.25) is 5.91 Å². The molecule has 120 valence electrons. The molecule has 0 radical (unpaired) electrons. The van der Waals surface area contributed by atoms with Gasteiger partial charge in [0.05, 0.1) is 11.8 Å². The van der Waals surface area contributed by atoms with Gasteiger partial charge in [0.1, 0.15) is 0 Å². The van der Waals surface area contributed by atoms with Gasteiger partial charge in [-0.2, -0.15) is 0 Å². The largest absolute Gasteiger partial charge is 0.481 e. The molecule has 0 aromatic carbocycles. The van der Waals surface area contributed by atoms with Crippen molar-refractivity contribution in [3.63, 3.8) is 0 Å². The molecule has 1 heterocycles. The number of carbonyl (C=O) groups excluding carboxylic acids is 1. The van der Waals surface area contributed by atoms with Crippen molar-refractivity contribution in [2.75, 3.05) is 13.1 Å². The van der Waals surface area contributed by atoms with Crippen LogP contribution in [0.3, 0.4) is 0 Å². The highest BCUT2D eigenvalue weighted by molar-refractivity contribution is 5.85. The summed E-state index contributed by atoms with van der Waals surface area (Å²) in [7, 11) is 0. The van der Waals surface area contributed by atoms with Crippen LogP contribution in [0.4, 0.5) is 0 Å². The summed E-state index contributed by atoms with van der Waals surface area (Å²) < 4.78 is 0. The standard InChI is InChI=1S/C17H29NO3/c1-5-11-8-13(14(9-11)16(20)21)15(19)18-7-6-12(10-18)17(2,3)4/h11-14H,5-10H2,1-4H3,(H,20,21). The molecule has 2 fully saturated rings. The third-order valence-electron chi connectivity index (χ3n) is 5.60. The lowest BCUT2D eigenvalue weighted by Gasteiger charge is -2.28. The molecule has 1 aliphatic carbocycles. The Bertz CT molecular complexity index is 413. The second kappa shape index (κ2) is 5.98. The first-order valence-corrected chi connectivity index (χ1v) is 8.25. The first kappa shape index (κ1) is 16.3. The maximum atomic E-state index is 12.8. The van der Waals surface area contributed by atoms with Crippen LogP contribution in [-0.4, -0.2) is 35.0 Å². The van der Waals surface area contributed by atoms with Crippen molar-refractivity contribution >= 4 is 11.9 Å². The number of hydrogen-bond donors (Lipinski definition) is 1. The number of carboxylic acid groups (broad SMARTS) is 1. The van der Waals surface area contributed by atoms with Crippen LogP contribution in [0.5, 0.6) is 0 Å². The molecule has 2 aliphatic rings. The zero-order valence-corrected chi connectivity index (χ0v) is 13.8. The summed E-state index contributed by atoms with van der Waals surface area (Å²) >= 11 is 0. The molecular weight excluding hydrogens is 266 g/mol. The topological polar surface area (TPSA) is 57.6 Å². The Kier molecular flexibility index (Phi) is 4.64. The smallest absolute Gasteiger partial charge is 0.307 e. The van der Waals surface area contributed by atoms with Gasteiger partial charge in [0, 0.05) is 13.1 Å². The second-order valence-electron chi connectivity index (χ2n) is 7.93. The summed E-state index contributed by atoms with van der Waals surface area (Å²) in [6.07, 6.45) is 3.43. The summed E-state index contributed by atoms with van der Waals surface area (Å²) in [6.45, 7) is 10.3. The quantitative estimate of drug-likeness (QED) is 0.870. The minimum Gasteiger partial charge on any atom is -0.481 e. The fourth-order valence-electron chi connectivity index (χ4n) is 3.92. The summed E-state index contributed by atoms with van der Waals surface area (Å²) in [6, 6.07) is 0. The number of carboxylic acids is 1. The van der Waals surface area contributed by atoms with Gasteiger partial charge in [0.25, 0.3) is 0 Å². The Morgan fingerprint density at radius 3 is 2.29 bits per heavy atom. The van der Waals surface area contributed by atoms with Crippen LogP contribution < -0.4 is 0 Å². The molecule has 1 aliphatic heterocycles. The van der Waals surface area contributed by atoms with Gasteiger partial charge in [-0.3, -0.25) is 9.59 Å². The third kappa shape index (κ3) is 3.41. The van der Waals surface area contributed by atoms with Gasteiger partial charge in [-0.1, -0.05) is 34.1 Å². The van der Waals surface area contributed by atoms with Crippen LogP contribution in [0.25, 0.3) is 0 Å². The maximum absolute atomic E-state index is 12.8. The third-order valence-corrected chi connectivity index (χ3v) is 5.60. The molecule has 4 atom stereocenters. The summed E-state index contributed by atoms with van der Waals surface area (Å²) in [5.41, 5.74) is 0.211. The molecule has 0 bridgehead atoms. The Morgan fingerprint density at radius 1 is 1.19 bits per heavy atom. The van der Waals surface area contributed by atoms with Gasteiger partial charge in [-0.25, -0.2) is 0 Å². The van der Waals surface area contributed by atoms with Gasteiger partial charge >= 0.3 is 5.97 Å². The average Bonchev–Trinajstić information content (AvgIpc) is 3.04. The van der Waals surface area contributed by atoms with Gasteiger partial charge in [-0.05, 0) is 36.5 Å². The van der Waals surface area contributed by atoms with Crippen LogP contribution in [0.2, 0.25) is 0 Å². The normalized spacial score (nSPS) is 33.4. The van der Waals surface area contributed by atoms with E-state index >= 15 is 0 Å². The van der Waals surface area contributed by atoms with E-state index in [1.165, 1.54) is 0 Å². The van der Waals surface area contributed by atoms with Crippen molar-refractivity contribution in [1.29, 1.82) is 0 Å². The molecule has 2 rings (SSSR count). The fraction of sp³-hybridized carbons (Fsp3) is 0.882. The number of nitrogens with zero attached hydrogens (tertiary/aromatic N) is 1. The van der Waals surface area contributed by atoms with E-state index < -0.39 is 11.9 Å². The summed E-state index contributed by atoms with van der Waals surface area (Å²) in [5, 5.41) is 9.40. The van der Waals surface area contributed by atoms with E-state index in [-0.39, 0.29) is 17.2 Å². The van der Waals surface area contributed by atoms with Crippen LogP contribution in [0, 0.1) is 29.1 Å². The first-order chi connectivity index (χ1) is 9.74. The lowest BCUT2D eigenvalue weighted by atomic mass is 9.80. The van der Waals surface area contributed by atoms with Crippen molar-refractivity contribution in [2.45, 2.75) is 53.4 Å². The van der Waals surface area contributed by atoms with E-state index in [1.54, 1.807) is 0 Å². The lowest BCUT2D eigenvalue weighted by molar-refractivity contribution is -0.148. The van der Waals surface area contributed by atoms with Crippen LogP contribution in [0.1, 0.15) is 53.4 Å². The Labute approximate surface area is 127 Å². The molecule has 1 N–H and O–H groups in total. The molecule has 4 heteroatoms.